The molecule has 0 atom stereocenters. The largest absolute Gasteiger partial charge is 0.265 e. The van der Waals surface area contributed by atoms with Gasteiger partial charge in [-0.2, -0.15) is 5.26 Å². The third-order valence-corrected chi connectivity index (χ3v) is 2.86. The maximum atomic E-state index is 8.98. The molecule has 3 nitrogen and oxygen atoms in total. The first-order valence-electron chi connectivity index (χ1n) is 5.58. The van der Waals surface area contributed by atoms with Crippen LogP contribution in [0.3, 0.4) is 0 Å². The van der Waals surface area contributed by atoms with Crippen LogP contribution in [0, 0.1) is 11.3 Å². The summed E-state index contributed by atoms with van der Waals surface area (Å²) in [7, 11) is 0. The standard InChI is InChI=1S/C15H9N3/c16-10-11-1-2-15-14(9-11)13(5-8-18-15)12-3-6-17-7-4-12/h1-9H. The number of pyridine rings is 2. The fourth-order valence-corrected chi connectivity index (χ4v) is 2.00. The zero-order chi connectivity index (χ0) is 12.4. The van der Waals surface area contributed by atoms with Gasteiger partial charge in [-0.1, -0.05) is 0 Å². The Morgan fingerprint density at radius 1 is 0.944 bits per heavy atom. The quantitative estimate of drug-likeness (QED) is 0.646. The summed E-state index contributed by atoms with van der Waals surface area (Å²) >= 11 is 0. The summed E-state index contributed by atoms with van der Waals surface area (Å²) in [6.07, 6.45) is 5.30. The van der Waals surface area contributed by atoms with E-state index in [1.807, 2.05) is 30.3 Å². The van der Waals surface area contributed by atoms with Crippen molar-refractivity contribution < 1.29 is 0 Å². The van der Waals surface area contributed by atoms with E-state index in [4.69, 9.17) is 5.26 Å². The van der Waals surface area contributed by atoms with Gasteiger partial charge in [0.2, 0.25) is 0 Å². The van der Waals surface area contributed by atoms with Gasteiger partial charge in [0.05, 0.1) is 17.1 Å². The first-order valence-corrected chi connectivity index (χ1v) is 5.58. The van der Waals surface area contributed by atoms with E-state index in [1.165, 1.54) is 0 Å². The highest BCUT2D eigenvalue weighted by atomic mass is 14.6. The monoisotopic (exact) mass is 231 g/mol. The van der Waals surface area contributed by atoms with Crippen LogP contribution in [0.25, 0.3) is 22.0 Å². The Balaban J connectivity index is 2.33. The number of hydrogen-bond acceptors (Lipinski definition) is 3. The summed E-state index contributed by atoms with van der Waals surface area (Å²) in [6, 6.07) is 13.5. The molecule has 0 bridgehead atoms. The van der Waals surface area contributed by atoms with Crippen LogP contribution in [0.2, 0.25) is 0 Å². The van der Waals surface area contributed by atoms with Crippen LogP contribution in [0.5, 0.6) is 0 Å². The average Bonchev–Trinajstić information content (AvgIpc) is 2.47. The van der Waals surface area contributed by atoms with E-state index in [9.17, 15) is 0 Å². The van der Waals surface area contributed by atoms with E-state index in [-0.39, 0.29) is 0 Å². The zero-order valence-electron chi connectivity index (χ0n) is 9.54. The predicted octanol–water partition coefficient (Wildman–Crippen LogP) is 3.17. The zero-order valence-corrected chi connectivity index (χ0v) is 9.54. The van der Waals surface area contributed by atoms with Gasteiger partial charge in [0.1, 0.15) is 0 Å². The first kappa shape index (κ1) is 10.4. The fourth-order valence-electron chi connectivity index (χ4n) is 2.00. The van der Waals surface area contributed by atoms with Crippen LogP contribution < -0.4 is 0 Å². The van der Waals surface area contributed by atoms with Crippen molar-refractivity contribution >= 4 is 10.9 Å². The molecule has 18 heavy (non-hydrogen) atoms. The van der Waals surface area contributed by atoms with Crippen molar-refractivity contribution in [3.05, 3.63) is 60.6 Å². The molecule has 84 valence electrons. The molecule has 0 N–H and O–H groups in total. The summed E-state index contributed by atoms with van der Waals surface area (Å²) in [4.78, 5) is 8.33. The molecule has 2 heterocycles. The summed E-state index contributed by atoms with van der Waals surface area (Å²) in [5.74, 6) is 0. The van der Waals surface area contributed by atoms with Gasteiger partial charge in [-0.3, -0.25) is 9.97 Å². The van der Waals surface area contributed by atoms with Gasteiger partial charge in [0.25, 0.3) is 0 Å². The third kappa shape index (κ3) is 1.70. The van der Waals surface area contributed by atoms with E-state index in [1.54, 1.807) is 24.7 Å². The normalized spacial score (nSPS) is 10.2. The van der Waals surface area contributed by atoms with Gasteiger partial charge in [0, 0.05) is 24.0 Å². The number of nitriles is 1. The second-order valence-electron chi connectivity index (χ2n) is 3.94. The number of fused-ring (bicyclic) bond motifs is 1. The van der Waals surface area contributed by atoms with Gasteiger partial charge in [-0.25, -0.2) is 0 Å². The second-order valence-corrected chi connectivity index (χ2v) is 3.94. The lowest BCUT2D eigenvalue weighted by Crippen LogP contribution is -1.86. The lowest BCUT2D eigenvalue weighted by molar-refractivity contribution is 1.33. The van der Waals surface area contributed by atoms with Crippen LogP contribution in [0.4, 0.5) is 0 Å². The first-order chi connectivity index (χ1) is 8.88. The molecule has 0 saturated heterocycles. The van der Waals surface area contributed by atoms with Gasteiger partial charge < -0.3 is 0 Å². The number of hydrogen-bond donors (Lipinski definition) is 0. The van der Waals surface area contributed by atoms with Crippen molar-refractivity contribution in [2.45, 2.75) is 0 Å². The van der Waals surface area contributed by atoms with Crippen molar-refractivity contribution in [3.63, 3.8) is 0 Å². The topological polar surface area (TPSA) is 49.6 Å². The molecule has 0 unspecified atom stereocenters. The minimum atomic E-state index is 0.644. The van der Waals surface area contributed by atoms with Gasteiger partial charge >= 0.3 is 0 Å². The molecular weight excluding hydrogens is 222 g/mol. The lowest BCUT2D eigenvalue weighted by Gasteiger charge is -2.06. The second kappa shape index (κ2) is 4.27. The minimum Gasteiger partial charge on any atom is -0.265 e. The highest BCUT2D eigenvalue weighted by Gasteiger charge is 2.05. The van der Waals surface area contributed by atoms with Crippen molar-refractivity contribution in [3.8, 4) is 17.2 Å². The van der Waals surface area contributed by atoms with Crippen LogP contribution in [-0.2, 0) is 0 Å². The average molecular weight is 231 g/mol. The molecule has 3 heteroatoms. The van der Waals surface area contributed by atoms with E-state index >= 15 is 0 Å². The molecule has 3 rings (SSSR count). The van der Waals surface area contributed by atoms with Gasteiger partial charge in [0.15, 0.2) is 0 Å². The maximum Gasteiger partial charge on any atom is 0.0991 e. The summed E-state index contributed by atoms with van der Waals surface area (Å²) < 4.78 is 0. The Labute approximate surface area is 104 Å². The van der Waals surface area contributed by atoms with Crippen molar-refractivity contribution in [1.29, 1.82) is 5.26 Å². The summed E-state index contributed by atoms with van der Waals surface area (Å²) in [6.45, 7) is 0. The van der Waals surface area contributed by atoms with Crippen LogP contribution >= 0.6 is 0 Å². The molecule has 0 aliphatic carbocycles. The predicted molar refractivity (Wildman–Crippen MR) is 69.7 cm³/mol. The Morgan fingerprint density at radius 3 is 2.56 bits per heavy atom. The summed E-state index contributed by atoms with van der Waals surface area (Å²) in [5, 5.41) is 9.97. The maximum absolute atomic E-state index is 8.98. The van der Waals surface area contributed by atoms with E-state index in [0.717, 1.165) is 22.0 Å². The molecule has 2 aromatic heterocycles. The van der Waals surface area contributed by atoms with Gasteiger partial charge in [-0.05, 0) is 47.5 Å². The molecule has 0 amide bonds. The summed E-state index contributed by atoms with van der Waals surface area (Å²) in [5.41, 5.74) is 3.68. The van der Waals surface area contributed by atoms with E-state index < -0.39 is 0 Å². The fraction of sp³-hybridized carbons (Fsp3) is 0. The minimum absolute atomic E-state index is 0.644. The SMILES string of the molecule is N#Cc1ccc2nccc(-c3ccncc3)c2c1. The molecule has 0 saturated carbocycles. The molecule has 0 aliphatic rings. The number of rotatable bonds is 1. The van der Waals surface area contributed by atoms with E-state index in [0.29, 0.717) is 5.56 Å². The van der Waals surface area contributed by atoms with Crippen LogP contribution in [0.1, 0.15) is 5.56 Å². The molecular formula is C15H9N3. The van der Waals surface area contributed by atoms with Crippen molar-refractivity contribution in [1.82, 2.24) is 9.97 Å². The molecule has 3 aromatic rings. The number of nitrogens with zero attached hydrogens (tertiary/aromatic N) is 3. The molecule has 0 radical (unpaired) electrons. The lowest BCUT2D eigenvalue weighted by atomic mass is 10.0. The highest BCUT2D eigenvalue weighted by molar-refractivity contribution is 5.94. The number of aromatic nitrogens is 2. The van der Waals surface area contributed by atoms with Gasteiger partial charge in [-0.15, -0.1) is 0 Å². The smallest absolute Gasteiger partial charge is 0.0991 e. The molecule has 1 aromatic carbocycles. The van der Waals surface area contributed by atoms with Crippen molar-refractivity contribution in [2.24, 2.45) is 0 Å². The number of benzene rings is 1. The molecule has 0 spiro atoms. The Hall–Kier alpha value is -2.73. The Kier molecular flexibility index (Phi) is 2.47. The Bertz CT molecular complexity index is 743. The third-order valence-electron chi connectivity index (χ3n) is 2.86. The van der Waals surface area contributed by atoms with Crippen LogP contribution in [-0.4, -0.2) is 9.97 Å². The van der Waals surface area contributed by atoms with Crippen LogP contribution in [0.15, 0.2) is 55.0 Å². The van der Waals surface area contributed by atoms with Crippen molar-refractivity contribution in [2.75, 3.05) is 0 Å². The Morgan fingerprint density at radius 2 is 1.78 bits per heavy atom. The van der Waals surface area contributed by atoms with E-state index in [2.05, 4.69) is 16.0 Å². The molecule has 0 aliphatic heterocycles. The highest BCUT2D eigenvalue weighted by Crippen LogP contribution is 2.27. The molecule has 0 fully saturated rings.